The summed E-state index contributed by atoms with van der Waals surface area (Å²) in [6, 6.07) is 18.9. The van der Waals surface area contributed by atoms with Crippen molar-refractivity contribution in [3.63, 3.8) is 0 Å². The highest BCUT2D eigenvalue weighted by Crippen LogP contribution is 2.29. The highest BCUT2D eigenvalue weighted by molar-refractivity contribution is 5.42. The van der Waals surface area contributed by atoms with Gasteiger partial charge in [0.1, 0.15) is 0 Å². The van der Waals surface area contributed by atoms with Crippen LogP contribution in [-0.4, -0.2) is 16.5 Å². The molecule has 0 saturated carbocycles. The molecule has 2 aromatic heterocycles. The molecule has 3 aromatic rings. The van der Waals surface area contributed by atoms with Gasteiger partial charge in [-0.25, -0.2) is 0 Å². The van der Waals surface area contributed by atoms with Gasteiger partial charge in [-0.3, -0.25) is 9.97 Å². The van der Waals surface area contributed by atoms with Crippen LogP contribution < -0.4 is 10.6 Å². The third kappa shape index (κ3) is 3.60. The molecule has 0 saturated heterocycles. The minimum atomic E-state index is 0.181. The van der Waals surface area contributed by atoms with Crippen LogP contribution in [0.2, 0.25) is 0 Å². The lowest BCUT2D eigenvalue weighted by atomic mass is 9.88. The molecule has 1 aliphatic rings. The van der Waals surface area contributed by atoms with E-state index in [4.69, 9.17) is 0 Å². The average Bonchev–Trinajstić information content (AvgIpc) is 2.69. The Bertz CT molecular complexity index is 818. The molecule has 3 heterocycles. The van der Waals surface area contributed by atoms with Gasteiger partial charge in [0.15, 0.2) is 0 Å². The van der Waals surface area contributed by atoms with E-state index in [-0.39, 0.29) is 6.04 Å². The summed E-state index contributed by atoms with van der Waals surface area (Å²) in [6.07, 6.45) is 4.76. The molecule has 4 nitrogen and oxygen atoms in total. The van der Waals surface area contributed by atoms with Gasteiger partial charge in [-0.2, -0.15) is 0 Å². The van der Waals surface area contributed by atoms with Crippen molar-refractivity contribution < 1.29 is 0 Å². The highest BCUT2D eigenvalue weighted by atomic mass is 15.0. The first-order valence-corrected chi connectivity index (χ1v) is 8.77. The van der Waals surface area contributed by atoms with Crippen molar-refractivity contribution >= 4 is 0 Å². The number of pyridine rings is 2. The second kappa shape index (κ2) is 7.55. The van der Waals surface area contributed by atoms with Crippen LogP contribution in [0.3, 0.4) is 0 Å². The van der Waals surface area contributed by atoms with Crippen molar-refractivity contribution in [1.29, 1.82) is 0 Å². The van der Waals surface area contributed by atoms with Gasteiger partial charge in [-0.1, -0.05) is 30.3 Å². The lowest BCUT2D eigenvalue weighted by Crippen LogP contribution is -2.32. The van der Waals surface area contributed by atoms with Crippen LogP contribution in [-0.2, 0) is 19.5 Å². The number of benzene rings is 1. The number of fused-ring (bicyclic) bond motifs is 1. The van der Waals surface area contributed by atoms with Crippen LogP contribution in [0.15, 0.2) is 67.0 Å². The average molecular weight is 330 g/mol. The molecule has 4 heteroatoms. The van der Waals surface area contributed by atoms with Crippen LogP contribution >= 0.6 is 0 Å². The van der Waals surface area contributed by atoms with Gasteiger partial charge in [0.05, 0.1) is 17.4 Å². The first kappa shape index (κ1) is 15.9. The number of hydrogen-bond donors (Lipinski definition) is 2. The van der Waals surface area contributed by atoms with Crippen molar-refractivity contribution in [3.05, 3.63) is 95.1 Å². The van der Waals surface area contributed by atoms with Crippen molar-refractivity contribution in [2.24, 2.45) is 0 Å². The monoisotopic (exact) mass is 330 g/mol. The number of nitrogens with zero attached hydrogens (tertiary/aromatic N) is 2. The van der Waals surface area contributed by atoms with Crippen molar-refractivity contribution in [1.82, 2.24) is 20.6 Å². The second-order valence-corrected chi connectivity index (χ2v) is 6.30. The Labute approximate surface area is 148 Å². The zero-order valence-corrected chi connectivity index (χ0v) is 14.2. The second-order valence-electron chi connectivity index (χ2n) is 6.30. The summed E-state index contributed by atoms with van der Waals surface area (Å²) in [5, 5.41) is 7.13. The van der Waals surface area contributed by atoms with Crippen LogP contribution in [0, 0.1) is 0 Å². The van der Waals surface area contributed by atoms with Gasteiger partial charge < -0.3 is 10.6 Å². The van der Waals surface area contributed by atoms with E-state index in [1.54, 1.807) is 0 Å². The van der Waals surface area contributed by atoms with E-state index in [2.05, 4.69) is 57.0 Å². The first-order valence-electron chi connectivity index (χ1n) is 8.77. The quantitative estimate of drug-likeness (QED) is 0.755. The fourth-order valence-electron chi connectivity index (χ4n) is 3.49. The molecule has 0 amide bonds. The maximum Gasteiger partial charge on any atom is 0.0754 e. The highest BCUT2D eigenvalue weighted by Gasteiger charge is 2.23. The van der Waals surface area contributed by atoms with Gasteiger partial charge in [-0.05, 0) is 47.4 Å². The lowest BCUT2D eigenvalue weighted by molar-refractivity contribution is 0.550. The molecule has 0 fully saturated rings. The minimum absolute atomic E-state index is 0.181. The molecule has 126 valence electrons. The largest absolute Gasteiger partial charge is 0.307 e. The Hall–Kier alpha value is -2.56. The molecule has 0 spiro atoms. The summed E-state index contributed by atoms with van der Waals surface area (Å²) in [5.74, 6) is 0. The fraction of sp³-hybridized carbons (Fsp3) is 0.238. The van der Waals surface area contributed by atoms with E-state index < -0.39 is 0 Å². The minimum Gasteiger partial charge on any atom is -0.307 e. The van der Waals surface area contributed by atoms with Crippen LogP contribution in [0.1, 0.15) is 34.1 Å². The Morgan fingerprint density at radius 1 is 0.920 bits per heavy atom. The zero-order valence-electron chi connectivity index (χ0n) is 14.2. The van der Waals surface area contributed by atoms with E-state index >= 15 is 0 Å². The Morgan fingerprint density at radius 2 is 1.80 bits per heavy atom. The topological polar surface area (TPSA) is 49.8 Å². The Balaban J connectivity index is 1.53. The molecule has 2 N–H and O–H groups in total. The normalized spacial score (nSPS) is 16.4. The number of nitrogens with one attached hydrogen (secondary N) is 2. The van der Waals surface area contributed by atoms with Crippen molar-refractivity contribution in [3.8, 4) is 0 Å². The first-order chi connectivity index (χ1) is 12.4. The maximum absolute atomic E-state index is 4.55. The fourth-order valence-corrected chi connectivity index (χ4v) is 3.49. The van der Waals surface area contributed by atoms with Crippen molar-refractivity contribution in [2.75, 3.05) is 6.54 Å². The van der Waals surface area contributed by atoms with E-state index in [9.17, 15) is 0 Å². The predicted molar refractivity (Wildman–Crippen MR) is 99.0 cm³/mol. The van der Waals surface area contributed by atoms with Gasteiger partial charge in [0.2, 0.25) is 0 Å². The summed E-state index contributed by atoms with van der Waals surface area (Å²) in [6.45, 7) is 2.62. The molecule has 0 radical (unpaired) electrons. The maximum atomic E-state index is 4.55. The van der Waals surface area contributed by atoms with E-state index in [0.717, 1.165) is 37.4 Å². The smallest absolute Gasteiger partial charge is 0.0754 e. The summed E-state index contributed by atoms with van der Waals surface area (Å²) >= 11 is 0. The molecule has 0 aliphatic carbocycles. The Kier molecular flexibility index (Phi) is 4.81. The molecule has 1 aliphatic heterocycles. The van der Waals surface area contributed by atoms with E-state index in [1.807, 2.05) is 30.6 Å². The molecule has 1 atom stereocenters. The van der Waals surface area contributed by atoms with Crippen LogP contribution in [0.25, 0.3) is 0 Å². The lowest BCUT2D eigenvalue weighted by Gasteiger charge is -2.28. The predicted octanol–water partition coefficient (Wildman–Crippen LogP) is 3.00. The zero-order chi connectivity index (χ0) is 16.9. The summed E-state index contributed by atoms with van der Waals surface area (Å²) in [4.78, 5) is 8.91. The van der Waals surface area contributed by atoms with E-state index in [0.29, 0.717) is 0 Å². The molecular weight excluding hydrogens is 308 g/mol. The third-order valence-electron chi connectivity index (χ3n) is 4.67. The standard InChI is InChI=1S/C21H22N4/c1-3-11-23-17(7-1)15-22-14-16-6-5-8-19-18(16)10-13-25-21(19)20-9-2-4-12-24-20/h1-9,11-12,21-22,25H,10,13-15H2. The van der Waals surface area contributed by atoms with Crippen LogP contribution in [0.5, 0.6) is 0 Å². The number of rotatable bonds is 5. The molecule has 1 unspecified atom stereocenters. The molecule has 1 aromatic carbocycles. The van der Waals surface area contributed by atoms with E-state index in [1.165, 1.54) is 16.7 Å². The van der Waals surface area contributed by atoms with Gasteiger partial charge in [0.25, 0.3) is 0 Å². The number of aromatic nitrogens is 2. The molecule has 25 heavy (non-hydrogen) atoms. The Morgan fingerprint density at radius 3 is 2.60 bits per heavy atom. The summed E-state index contributed by atoms with van der Waals surface area (Å²) in [5.41, 5.74) is 6.32. The third-order valence-corrected chi connectivity index (χ3v) is 4.67. The number of hydrogen-bond acceptors (Lipinski definition) is 4. The van der Waals surface area contributed by atoms with Crippen LogP contribution in [0.4, 0.5) is 0 Å². The SMILES string of the molecule is c1ccc(CNCc2cccc3c2CCNC3c2ccccn2)nc1. The molecular formula is C21H22N4. The van der Waals surface area contributed by atoms with Crippen molar-refractivity contribution in [2.45, 2.75) is 25.6 Å². The van der Waals surface area contributed by atoms with Gasteiger partial charge >= 0.3 is 0 Å². The molecule has 0 bridgehead atoms. The summed E-state index contributed by atoms with van der Waals surface area (Å²) < 4.78 is 0. The molecule has 4 rings (SSSR count). The summed E-state index contributed by atoms with van der Waals surface area (Å²) in [7, 11) is 0. The van der Waals surface area contributed by atoms with Gasteiger partial charge in [-0.15, -0.1) is 0 Å². The van der Waals surface area contributed by atoms with Gasteiger partial charge in [0, 0.05) is 32.0 Å².